The highest BCUT2D eigenvalue weighted by Gasteiger charge is 2.09. The third-order valence-corrected chi connectivity index (χ3v) is 2.61. The largest absolute Gasteiger partial charge is 0.312 e. The number of aromatic nitrogens is 2. The zero-order valence-corrected chi connectivity index (χ0v) is 7.33. The lowest BCUT2D eigenvalue weighted by Gasteiger charge is -2.16. The minimum absolute atomic E-state index is 0.997. The average Bonchev–Trinajstić information content (AvgIpc) is 2.61. The molecule has 3 heteroatoms. The molecule has 3 nitrogen and oxygen atoms in total. The van der Waals surface area contributed by atoms with Crippen LogP contribution >= 0.6 is 0 Å². The average molecular weight is 173 g/mol. The van der Waals surface area contributed by atoms with Gasteiger partial charge in [0, 0.05) is 12.7 Å². The van der Waals surface area contributed by atoms with E-state index in [2.05, 4.69) is 27.0 Å². The summed E-state index contributed by atoms with van der Waals surface area (Å²) >= 11 is 0. The highest BCUT2D eigenvalue weighted by molar-refractivity contribution is 5.49. The van der Waals surface area contributed by atoms with Gasteiger partial charge in [0.15, 0.2) is 0 Å². The van der Waals surface area contributed by atoms with Crippen LogP contribution in [0.25, 0.3) is 5.52 Å². The van der Waals surface area contributed by atoms with E-state index in [1.54, 1.807) is 0 Å². The molecule has 1 aliphatic rings. The van der Waals surface area contributed by atoms with E-state index >= 15 is 0 Å². The lowest BCUT2D eigenvalue weighted by atomic mass is 10.0. The van der Waals surface area contributed by atoms with E-state index < -0.39 is 0 Å². The van der Waals surface area contributed by atoms with Crippen molar-refractivity contribution in [3.63, 3.8) is 0 Å². The molecule has 13 heavy (non-hydrogen) atoms. The molecule has 0 fully saturated rings. The molecule has 2 aromatic heterocycles. The van der Waals surface area contributed by atoms with Gasteiger partial charge in [-0.2, -0.15) is 0 Å². The quantitative estimate of drug-likeness (QED) is 0.643. The Hall–Kier alpha value is -1.35. The van der Waals surface area contributed by atoms with E-state index in [9.17, 15) is 0 Å². The highest BCUT2D eigenvalue weighted by Crippen LogP contribution is 2.16. The smallest absolute Gasteiger partial charge is 0.0992 e. The molecule has 1 aliphatic heterocycles. The molecule has 0 aliphatic carbocycles. The molecule has 0 amide bonds. The first-order chi connectivity index (χ1) is 6.43. The first kappa shape index (κ1) is 7.09. The second-order valence-electron chi connectivity index (χ2n) is 3.48. The van der Waals surface area contributed by atoms with Crippen LogP contribution in [-0.2, 0) is 13.0 Å². The van der Waals surface area contributed by atoms with Crippen LogP contribution < -0.4 is 5.32 Å². The maximum absolute atomic E-state index is 4.12. The molecule has 0 saturated heterocycles. The first-order valence-electron chi connectivity index (χ1n) is 4.58. The van der Waals surface area contributed by atoms with Gasteiger partial charge >= 0.3 is 0 Å². The fourth-order valence-corrected chi connectivity index (χ4v) is 1.89. The van der Waals surface area contributed by atoms with E-state index in [0.717, 1.165) is 19.5 Å². The maximum Gasteiger partial charge on any atom is 0.0992 e. The van der Waals surface area contributed by atoms with Gasteiger partial charge in [0.25, 0.3) is 0 Å². The summed E-state index contributed by atoms with van der Waals surface area (Å²) in [6.45, 7) is 2.09. The third-order valence-electron chi connectivity index (χ3n) is 2.61. The maximum atomic E-state index is 4.12. The Balaban J connectivity index is 2.28. The van der Waals surface area contributed by atoms with Gasteiger partial charge in [-0.1, -0.05) is 0 Å². The van der Waals surface area contributed by atoms with Gasteiger partial charge in [-0.3, -0.25) is 0 Å². The summed E-state index contributed by atoms with van der Waals surface area (Å²) in [4.78, 5) is 4.12. The number of pyridine rings is 1. The lowest BCUT2D eigenvalue weighted by Crippen LogP contribution is -2.23. The minimum Gasteiger partial charge on any atom is -0.312 e. The van der Waals surface area contributed by atoms with Crippen LogP contribution in [0.15, 0.2) is 24.8 Å². The molecule has 0 spiro atoms. The normalized spacial score (nSPS) is 16.0. The van der Waals surface area contributed by atoms with Gasteiger partial charge in [-0.05, 0) is 30.2 Å². The van der Waals surface area contributed by atoms with Crippen molar-refractivity contribution >= 4 is 5.52 Å². The Kier molecular flexibility index (Phi) is 1.40. The summed E-state index contributed by atoms with van der Waals surface area (Å²) in [6, 6.07) is 2.22. The van der Waals surface area contributed by atoms with Crippen molar-refractivity contribution in [2.45, 2.75) is 13.0 Å². The number of hydrogen-bond acceptors (Lipinski definition) is 2. The minimum atomic E-state index is 0.997. The SMILES string of the molecule is c1ncn2cc3c(cc12)CNCC3. The monoisotopic (exact) mass is 173 g/mol. The van der Waals surface area contributed by atoms with E-state index in [-0.39, 0.29) is 0 Å². The fraction of sp³-hybridized carbons (Fsp3) is 0.300. The van der Waals surface area contributed by atoms with E-state index in [0.29, 0.717) is 0 Å². The Morgan fingerprint density at radius 1 is 1.38 bits per heavy atom. The summed E-state index contributed by atoms with van der Waals surface area (Å²) in [6.07, 6.45) is 7.08. The van der Waals surface area contributed by atoms with Crippen molar-refractivity contribution in [3.05, 3.63) is 35.9 Å². The molecule has 0 radical (unpaired) electrons. The summed E-state index contributed by atoms with van der Waals surface area (Å²) in [5.41, 5.74) is 4.05. The number of hydrogen-bond donors (Lipinski definition) is 1. The summed E-state index contributed by atoms with van der Waals surface area (Å²) in [5.74, 6) is 0. The van der Waals surface area contributed by atoms with Gasteiger partial charge in [0.05, 0.1) is 18.0 Å². The topological polar surface area (TPSA) is 29.3 Å². The van der Waals surface area contributed by atoms with E-state index in [1.807, 2.05) is 12.5 Å². The van der Waals surface area contributed by atoms with Crippen LogP contribution in [0.3, 0.4) is 0 Å². The molecule has 0 unspecified atom stereocenters. The van der Waals surface area contributed by atoms with Crippen molar-refractivity contribution in [2.75, 3.05) is 6.54 Å². The lowest BCUT2D eigenvalue weighted by molar-refractivity contribution is 0.641. The van der Waals surface area contributed by atoms with Gasteiger partial charge < -0.3 is 9.72 Å². The standard InChI is InChI=1S/C10H11N3/c1-2-11-4-9-3-10-5-12-7-13(10)6-8(1)9/h3,5-7,11H,1-2,4H2. The second kappa shape index (κ2) is 2.57. The van der Waals surface area contributed by atoms with Crippen molar-refractivity contribution in [1.82, 2.24) is 14.7 Å². The summed E-state index contributed by atoms with van der Waals surface area (Å²) in [5, 5.41) is 3.37. The van der Waals surface area contributed by atoms with Crippen molar-refractivity contribution < 1.29 is 0 Å². The van der Waals surface area contributed by atoms with Gasteiger partial charge in [-0.15, -0.1) is 0 Å². The van der Waals surface area contributed by atoms with Gasteiger partial charge in [-0.25, -0.2) is 4.98 Å². The van der Waals surface area contributed by atoms with Crippen molar-refractivity contribution in [1.29, 1.82) is 0 Å². The third kappa shape index (κ3) is 1.04. The van der Waals surface area contributed by atoms with Crippen LogP contribution in [0.5, 0.6) is 0 Å². The predicted molar refractivity (Wildman–Crippen MR) is 50.6 cm³/mol. The van der Waals surface area contributed by atoms with E-state index in [1.165, 1.54) is 16.6 Å². The molecule has 0 atom stereocenters. The first-order valence-corrected chi connectivity index (χ1v) is 4.58. The van der Waals surface area contributed by atoms with Gasteiger partial charge in [0.2, 0.25) is 0 Å². The van der Waals surface area contributed by atoms with Crippen molar-refractivity contribution in [3.8, 4) is 0 Å². The Morgan fingerprint density at radius 2 is 2.38 bits per heavy atom. The predicted octanol–water partition coefficient (Wildman–Crippen LogP) is 0.980. The zero-order valence-electron chi connectivity index (χ0n) is 7.33. The summed E-state index contributed by atoms with van der Waals surface area (Å²) in [7, 11) is 0. The van der Waals surface area contributed by atoms with Crippen LogP contribution in [-0.4, -0.2) is 15.9 Å². The van der Waals surface area contributed by atoms with Crippen LogP contribution in [0.4, 0.5) is 0 Å². The number of fused-ring (bicyclic) bond motifs is 2. The number of nitrogens with zero attached hydrogens (tertiary/aromatic N) is 2. The van der Waals surface area contributed by atoms with Crippen LogP contribution in [0.2, 0.25) is 0 Å². The summed E-state index contributed by atoms with van der Waals surface area (Å²) < 4.78 is 2.09. The fourth-order valence-electron chi connectivity index (χ4n) is 1.89. The molecule has 66 valence electrons. The van der Waals surface area contributed by atoms with E-state index in [4.69, 9.17) is 0 Å². The zero-order chi connectivity index (χ0) is 8.67. The Morgan fingerprint density at radius 3 is 3.38 bits per heavy atom. The molecule has 2 aromatic rings. The molecular weight excluding hydrogens is 162 g/mol. The molecule has 0 saturated carbocycles. The molecule has 1 N–H and O–H groups in total. The number of imidazole rings is 1. The Labute approximate surface area is 76.4 Å². The molecular formula is C10H11N3. The second-order valence-corrected chi connectivity index (χ2v) is 3.48. The molecule has 3 rings (SSSR count). The van der Waals surface area contributed by atoms with Gasteiger partial charge in [0.1, 0.15) is 0 Å². The van der Waals surface area contributed by atoms with Crippen LogP contribution in [0.1, 0.15) is 11.1 Å². The highest BCUT2D eigenvalue weighted by atomic mass is 15.0. The Bertz CT molecular complexity index is 404. The van der Waals surface area contributed by atoms with Crippen molar-refractivity contribution in [2.24, 2.45) is 0 Å². The molecule has 3 heterocycles. The van der Waals surface area contributed by atoms with Crippen LogP contribution in [0, 0.1) is 0 Å². The molecule has 0 bridgehead atoms. The number of nitrogens with one attached hydrogen (secondary N) is 1. The molecule has 0 aromatic carbocycles. The number of rotatable bonds is 0.